The normalized spacial score (nSPS) is 18.4. The summed E-state index contributed by atoms with van der Waals surface area (Å²) < 4.78 is 30.4. The summed E-state index contributed by atoms with van der Waals surface area (Å²) in [4.78, 5) is 0.310. The largest absolute Gasteiger partial charge is 0.495 e. The van der Waals surface area contributed by atoms with Crippen molar-refractivity contribution in [3.8, 4) is 5.75 Å². The van der Waals surface area contributed by atoms with Crippen molar-refractivity contribution in [1.29, 1.82) is 0 Å². The third kappa shape index (κ3) is 3.14. The summed E-state index contributed by atoms with van der Waals surface area (Å²) in [5.74, 6) is 0.635. The Balaban J connectivity index is 2.32. The molecule has 3 nitrogen and oxygen atoms in total. The molecular formula is C14H19BrO3S. The molecule has 1 saturated carbocycles. The Morgan fingerprint density at radius 1 is 1.26 bits per heavy atom. The molecule has 1 aliphatic carbocycles. The Morgan fingerprint density at radius 3 is 2.47 bits per heavy atom. The van der Waals surface area contributed by atoms with E-state index >= 15 is 0 Å². The van der Waals surface area contributed by atoms with Crippen LogP contribution >= 0.6 is 15.9 Å². The average Bonchev–Trinajstić information content (AvgIpc) is 2.87. The molecule has 0 bridgehead atoms. The lowest BCUT2D eigenvalue weighted by molar-refractivity contribution is 0.388. The number of sulfone groups is 1. The number of halogens is 1. The summed E-state index contributed by atoms with van der Waals surface area (Å²) >= 11 is 3.50. The van der Waals surface area contributed by atoms with Crippen LogP contribution in [0.15, 0.2) is 29.2 Å². The van der Waals surface area contributed by atoms with Crippen LogP contribution < -0.4 is 4.74 Å². The summed E-state index contributed by atoms with van der Waals surface area (Å²) in [6, 6.07) is 6.85. The maximum atomic E-state index is 12.6. The van der Waals surface area contributed by atoms with Gasteiger partial charge in [-0.3, -0.25) is 0 Å². The van der Waals surface area contributed by atoms with Crippen molar-refractivity contribution >= 4 is 25.8 Å². The van der Waals surface area contributed by atoms with Gasteiger partial charge in [-0.15, -0.1) is 0 Å². The lowest BCUT2D eigenvalue weighted by Crippen LogP contribution is -2.29. The van der Waals surface area contributed by atoms with Crippen molar-refractivity contribution in [3.63, 3.8) is 0 Å². The number of methoxy groups -OCH3 is 1. The minimum Gasteiger partial charge on any atom is -0.495 e. The molecule has 0 unspecified atom stereocenters. The predicted octanol–water partition coefficient (Wildman–Crippen LogP) is 3.42. The van der Waals surface area contributed by atoms with Crippen LogP contribution in [0.5, 0.6) is 5.75 Å². The third-order valence-electron chi connectivity index (χ3n) is 3.85. The zero-order valence-corrected chi connectivity index (χ0v) is 13.5. The van der Waals surface area contributed by atoms with Gasteiger partial charge in [-0.05, 0) is 30.4 Å². The van der Waals surface area contributed by atoms with E-state index in [1.54, 1.807) is 24.3 Å². The first-order valence-electron chi connectivity index (χ1n) is 6.45. The smallest absolute Gasteiger partial charge is 0.182 e. The standard InChI is InChI=1S/C14H19BrO3S/c1-18-12-6-2-3-7-13(12)19(16,17)11-14(10-15)8-4-5-9-14/h2-3,6-7H,4-5,8-11H2,1H3. The molecule has 0 radical (unpaired) electrons. The van der Waals surface area contributed by atoms with Gasteiger partial charge in [0.1, 0.15) is 10.6 Å². The Hall–Kier alpha value is -0.550. The fourth-order valence-electron chi connectivity index (χ4n) is 2.80. The van der Waals surface area contributed by atoms with Crippen LogP contribution in [-0.2, 0) is 9.84 Å². The molecule has 0 heterocycles. The highest BCUT2D eigenvalue weighted by atomic mass is 79.9. The van der Waals surface area contributed by atoms with Gasteiger partial charge in [-0.1, -0.05) is 40.9 Å². The van der Waals surface area contributed by atoms with E-state index in [0.717, 1.165) is 31.0 Å². The topological polar surface area (TPSA) is 43.4 Å². The molecule has 19 heavy (non-hydrogen) atoms. The van der Waals surface area contributed by atoms with E-state index in [9.17, 15) is 8.42 Å². The molecule has 0 N–H and O–H groups in total. The van der Waals surface area contributed by atoms with Gasteiger partial charge in [0.2, 0.25) is 0 Å². The summed E-state index contributed by atoms with van der Waals surface area (Å²) in [6.07, 6.45) is 4.19. The summed E-state index contributed by atoms with van der Waals surface area (Å²) in [5.41, 5.74) is -0.111. The SMILES string of the molecule is COc1ccccc1S(=O)(=O)CC1(CBr)CCCC1. The molecule has 106 valence electrons. The van der Waals surface area contributed by atoms with Gasteiger partial charge in [-0.2, -0.15) is 0 Å². The average molecular weight is 347 g/mol. The zero-order chi connectivity index (χ0) is 13.9. The van der Waals surface area contributed by atoms with Crippen LogP contribution in [0.2, 0.25) is 0 Å². The molecule has 1 aliphatic rings. The first-order valence-corrected chi connectivity index (χ1v) is 9.22. The van der Waals surface area contributed by atoms with Crippen molar-refractivity contribution in [3.05, 3.63) is 24.3 Å². The van der Waals surface area contributed by atoms with Gasteiger partial charge in [0, 0.05) is 5.33 Å². The molecule has 1 aromatic rings. The van der Waals surface area contributed by atoms with Gasteiger partial charge >= 0.3 is 0 Å². The van der Waals surface area contributed by atoms with Crippen LogP contribution in [0.3, 0.4) is 0 Å². The summed E-state index contributed by atoms with van der Waals surface area (Å²) in [5, 5.41) is 0.744. The van der Waals surface area contributed by atoms with Crippen LogP contribution in [0, 0.1) is 5.41 Å². The van der Waals surface area contributed by atoms with Crippen LogP contribution in [0.1, 0.15) is 25.7 Å². The van der Waals surface area contributed by atoms with Crippen LogP contribution in [-0.4, -0.2) is 26.6 Å². The van der Waals surface area contributed by atoms with E-state index in [0.29, 0.717) is 10.6 Å². The van der Waals surface area contributed by atoms with Gasteiger partial charge in [0.25, 0.3) is 0 Å². The molecule has 0 atom stereocenters. The lowest BCUT2D eigenvalue weighted by Gasteiger charge is -2.26. The second-order valence-electron chi connectivity index (χ2n) is 5.25. The van der Waals surface area contributed by atoms with E-state index in [1.165, 1.54) is 7.11 Å². The maximum Gasteiger partial charge on any atom is 0.182 e. The highest BCUT2D eigenvalue weighted by molar-refractivity contribution is 9.09. The maximum absolute atomic E-state index is 12.6. The second kappa shape index (κ2) is 5.83. The first-order chi connectivity index (χ1) is 9.03. The zero-order valence-electron chi connectivity index (χ0n) is 11.1. The molecular weight excluding hydrogens is 328 g/mol. The molecule has 2 rings (SSSR count). The molecule has 1 aromatic carbocycles. The fraction of sp³-hybridized carbons (Fsp3) is 0.571. The van der Waals surface area contributed by atoms with Crippen LogP contribution in [0.4, 0.5) is 0 Å². The van der Waals surface area contributed by atoms with Crippen molar-refractivity contribution in [2.24, 2.45) is 5.41 Å². The highest BCUT2D eigenvalue weighted by Gasteiger charge is 2.38. The van der Waals surface area contributed by atoms with Gasteiger partial charge in [-0.25, -0.2) is 8.42 Å². The van der Waals surface area contributed by atoms with E-state index in [1.807, 2.05) is 0 Å². The number of hydrogen-bond acceptors (Lipinski definition) is 3. The minimum atomic E-state index is -3.31. The second-order valence-corrected chi connectivity index (χ2v) is 7.77. The molecule has 0 spiro atoms. The van der Waals surface area contributed by atoms with Crippen molar-refractivity contribution < 1.29 is 13.2 Å². The van der Waals surface area contributed by atoms with Gasteiger partial charge in [0.15, 0.2) is 9.84 Å². The first kappa shape index (κ1) is 14.9. The number of hydrogen-bond donors (Lipinski definition) is 0. The monoisotopic (exact) mass is 346 g/mol. The summed E-state index contributed by atoms with van der Waals surface area (Å²) in [6.45, 7) is 0. The molecule has 0 amide bonds. The van der Waals surface area contributed by atoms with E-state index in [2.05, 4.69) is 15.9 Å². The fourth-order valence-corrected chi connectivity index (χ4v) is 5.92. The molecule has 0 aromatic heterocycles. The minimum absolute atomic E-state index is 0.111. The Bertz CT molecular complexity index is 533. The summed E-state index contributed by atoms with van der Waals surface area (Å²) in [7, 11) is -1.81. The predicted molar refractivity (Wildman–Crippen MR) is 79.7 cm³/mol. The molecule has 1 fully saturated rings. The Kier molecular flexibility index (Phi) is 4.56. The number of ether oxygens (including phenoxy) is 1. The van der Waals surface area contributed by atoms with Crippen molar-refractivity contribution in [1.82, 2.24) is 0 Å². The van der Waals surface area contributed by atoms with Gasteiger partial charge in [0.05, 0.1) is 12.9 Å². The third-order valence-corrected chi connectivity index (χ3v) is 7.04. The number of rotatable bonds is 5. The van der Waals surface area contributed by atoms with Crippen LogP contribution in [0.25, 0.3) is 0 Å². The molecule has 0 aliphatic heterocycles. The van der Waals surface area contributed by atoms with Crippen molar-refractivity contribution in [2.75, 3.05) is 18.2 Å². The Morgan fingerprint density at radius 2 is 1.89 bits per heavy atom. The molecule has 0 saturated heterocycles. The number of alkyl halides is 1. The lowest BCUT2D eigenvalue weighted by atomic mass is 9.92. The van der Waals surface area contributed by atoms with Gasteiger partial charge < -0.3 is 4.74 Å². The Labute approximate surface area is 123 Å². The number of para-hydroxylation sites is 1. The van der Waals surface area contributed by atoms with E-state index < -0.39 is 9.84 Å². The highest BCUT2D eigenvalue weighted by Crippen LogP contribution is 2.42. The van der Waals surface area contributed by atoms with E-state index in [4.69, 9.17) is 4.74 Å². The number of benzene rings is 1. The van der Waals surface area contributed by atoms with Crippen molar-refractivity contribution in [2.45, 2.75) is 30.6 Å². The van der Waals surface area contributed by atoms with E-state index in [-0.39, 0.29) is 11.2 Å². The quantitative estimate of drug-likeness (QED) is 0.767. The molecule has 5 heteroatoms.